The van der Waals surface area contributed by atoms with Crippen molar-refractivity contribution in [2.45, 2.75) is 25.8 Å². The first kappa shape index (κ1) is 12.8. The van der Waals surface area contributed by atoms with E-state index in [-0.39, 0.29) is 11.8 Å². The lowest BCUT2D eigenvalue weighted by Gasteiger charge is -2.23. The molecule has 1 aromatic carbocycles. The van der Waals surface area contributed by atoms with E-state index in [2.05, 4.69) is 33.7 Å². The molecular weight excluding hydrogens is 252 g/mol. The van der Waals surface area contributed by atoms with Gasteiger partial charge in [0.2, 0.25) is 5.91 Å². The number of amides is 1. The van der Waals surface area contributed by atoms with Crippen molar-refractivity contribution in [3.63, 3.8) is 0 Å². The molecule has 2 aromatic rings. The molecule has 0 saturated carbocycles. The first-order valence-electron chi connectivity index (χ1n) is 6.92. The Morgan fingerprint density at radius 1 is 1.40 bits per heavy atom. The first-order valence-corrected chi connectivity index (χ1v) is 6.92. The zero-order chi connectivity index (χ0) is 13.9. The molecule has 0 fully saturated rings. The summed E-state index contributed by atoms with van der Waals surface area (Å²) in [6.45, 7) is 0.449. The van der Waals surface area contributed by atoms with Gasteiger partial charge in [0.05, 0.1) is 12.7 Å². The van der Waals surface area contributed by atoms with E-state index in [9.17, 15) is 4.79 Å². The Balaban J connectivity index is 1.59. The van der Waals surface area contributed by atoms with Crippen LogP contribution in [-0.4, -0.2) is 20.9 Å². The molecule has 1 atom stereocenters. The molecule has 5 nitrogen and oxygen atoms in total. The predicted molar refractivity (Wildman–Crippen MR) is 74.8 cm³/mol. The Hall–Kier alpha value is -2.17. The molecule has 0 aliphatic heterocycles. The van der Waals surface area contributed by atoms with Crippen LogP contribution in [-0.2, 0) is 31.2 Å². The van der Waals surface area contributed by atoms with Crippen molar-refractivity contribution >= 4 is 5.91 Å². The molecular formula is C15H18N4O. The Morgan fingerprint density at radius 2 is 2.20 bits per heavy atom. The first-order chi connectivity index (χ1) is 9.72. The third kappa shape index (κ3) is 2.71. The fraction of sp³-hybridized carbons (Fsp3) is 0.400. The molecule has 1 heterocycles. The van der Waals surface area contributed by atoms with Gasteiger partial charge in [0.25, 0.3) is 0 Å². The highest BCUT2D eigenvalue weighted by Crippen LogP contribution is 2.25. The normalized spacial score (nSPS) is 17.6. The summed E-state index contributed by atoms with van der Waals surface area (Å²) >= 11 is 0. The molecule has 5 heteroatoms. The van der Waals surface area contributed by atoms with Gasteiger partial charge in [-0.3, -0.25) is 4.79 Å². The number of carbonyl (C=O) groups is 1. The minimum atomic E-state index is 0.0709. The minimum Gasteiger partial charge on any atom is -0.350 e. The third-order valence-electron chi connectivity index (χ3n) is 3.81. The zero-order valence-corrected chi connectivity index (χ0v) is 11.5. The summed E-state index contributed by atoms with van der Waals surface area (Å²) in [5.74, 6) is 0.187. The van der Waals surface area contributed by atoms with E-state index in [4.69, 9.17) is 0 Å². The number of aryl methyl sites for hydroxylation is 2. The number of benzene rings is 1. The molecule has 1 unspecified atom stereocenters. The molecule has 1 amide bonds. The van der Waals surface area contributed by atoms with Crippen LogP contribution < -0.4 is 5.32 Å². The van der Waals surface area contributed by atoms with E-state index in [0.29, 0.717) is 6.54 Å². The van der Waals surface area contributed by atoms with Crippen molar-refractivity contribution in [3.8, 4) is 0 Å². The maximum Gasteiger partial charge on any atom is 0.223 e. The van der Waals surface area contributed by atoms with Crippen molar-refractivity contribution < 1.29 is 4.79 Å². The second-order valence-electron chi connectivity index (χ2n) is 5.25. The highest BCUT2D eigenvalue weighted by molar-refractivity contribution is 5.79. The summed E-state index contributed by atoms with van der Waals surface area (Å²) < 4.78 is 0. The largest absolute Gasteiger partial charge is 0.350 e. The van der Waals surface area contributed by atoms with Crippen LogP contribution in [0.1, 0.15) is 23.2 Å². The summed E-state index contributed by atoms with van der Waals surface area (Å²) in [6.07, 6.45) is 4.42. The van der Waals surface area contributed by atoms with Crippen LogP contribution in [0.4, 0.5) is 0 Å². The van der Waals surface area contributed by atoms with Gasteiger partial charge in [-0.1, -0.05) is 24.3 Å². The number of carbonyl (C=O) groups excluding carboxylic acids is 1. The molecule has 1 aromatic heterocycles. The molecule has 1 aliphatic rings. The smallest absolute Gasteiger partial charge is 0.223 e. The monoisotopic (exact) mass is 270 g/mol. The van der Waals surface area contributed by atoms with E-state index in [1.807, 2.05) is 6.07 Å². The topological polar surface area (TPSA) is 59.8 Å². The highest BCUT2D eigenvalue weighted by Gasteiger charge is 2.24. The number of nitrogens with one attached hydrogen (secondary N) is 1. The van der Waals surface area contributed by atoms with E-state index < -0.39 is 0 Å². The van der Waals surface area contributed by atoms with Gasteiger partial charge in [0.15, 0.2) is 0 Å². The molecule has 0 bridgehead atoms. The van der Waals surface area contributed by atoms with Crippen LogP contribution in [0.5, 0.6) is 0 Å². The average molecular weight is 270 g/mol. The predicted octanol–water partition coefficient (Wildman–Crippen LogP) is 1.24. The van der Waals surface area contributed by atoms with Gasteiger partial charge in [-0.15, -0.1) is 0 Å². The van der Waals surface area contributed by atoms with Crippen molar-refractivity contribution in [1.29, 1.82) is 0 Å². The second kappa shape index (κ2) is 5.45. The van der Waals surface area contributed by atoms with Crippen molar-refractivity contribution in [2.24, 2.45) is 13.0 Å². The maximum absolute atomic E-state index is 12.2. The fourth-order valence-electron chi connectivity index (χ4n) is 2.71. The summed E-state index contributed by atoms with van der Waals surface area (Å²) in [5.41, 5.74) is 3.47. The van der Waals surface area contributed by atoms with Crippen molar-refractivity contribution in [1.82, 2.24) is 20.3 Å². The number of fused-ring (bicyclic) bond motifs is 1. The van der Waals surface area contributed by atoms with Crippen LogP contribution in [0.25, 0.3) is 0 Å². The lowest BCUT2D eigenvalue weighted by Crippen LogP contribution is -2.33. The summed E-state index contributed by atoms with van der Waals surface area (Å²) in [7, 11) is 1.77. The molecule has 1 aliphatic carbocycles. The summed E-state index contributed by atoms with van der Waals surface area (Å²) in [4.78, 5) is 13.7. The van der Waals surface area contributed by atoms with E-state index in [1.165, 1.54) is 15.9 Å². The fourth-order valence-corrected chi connectivity index (χ4v) is 2.71. The Morgan fingerprint density at radius 3 is 2.95 bits per heavy atom. The van der Waals surface area contributed by atoms with Crippen LogP contribution in [0.15, 0.2) is 30.5 Å². The Bertz CT molecular complexity index is 620. The van der Waals surface area contributed by atoms with Gasteiger partial charge in [-0.25, -0.2) is 0 Å². The quantitative estimate of drug-likeness (QED) is 0.912. The number of aromatic nitrogens is 3. The Kier molecular flexibility index (Phi) is 3.50. The third-order valence-corrected chi connectivity index (χ3v) is 3.81. The summed E-state index contributed by atoms with van der Waals surface area (Å²) in [5, 5.41) is 11.1. The Labute approximate surface area is 118 Å². The standard InChI is InChI=1S/C15H18N4O/c1-19-17-10-14(18-19)9-16-15(20)13-7-6-11-4-2-3-5-12(11)8-13/h2-5,10,13H,6-9H2,1H3,(H,16,20). The number of hydrogen-bond donors (Lipinski definition) is 1. The van der Waals surface area contributed by atoms with Crippen LogP contribution in [0.2, 0.25) is 0 Å². The second-order valence-corrected chi connectivity index (χ2v) is 5.25. The van der Waals surface area contributed by atoms with Gasteiger partial charge in [0.1, 0.15) is 5.69 Å². The maximum atomic E-state index is 12.2. The average Bonchev–Trinajstić information content (AvgIpc) is 2.90. The number of rotatable bonds is 3. The van der Waals surface area contributed by atoms with Gasteiger partial charge in [-0.05, 0) is 30.4 Å². The molecule has 0 saturated heterocycles. The van der Waals surface area contributed by atoms with Crippen LogP contribution >= 0.6 is 0 Å². The van der Waals surface area contributed by atoms with Gasteiger partial charge >= 0.3 is 0 Å². The van der Waals surface area contributed by atoms with Gasteiger partial charge < -0.3 is 5.32 Å². The van der Waals surface area contributed by atoms with E-state index >= 15 is 0 Å². The number of nitrogens with zero attached hydrogens (tertiary/aromatic N) is 3. The molecule has 104 valence electrons. The highest BCUT2D eigenvalue weighted by atomic mass is 16.1. The van der Waals surface area contributed by atoms with E-state index in [1.54, 1.807) is 13.2 Å². The summed E-state index contributed by atoms with van der Waals surface area (Å²) in [6, 6.07) is 8.38. The van der Waals surface area contributed by atoms with Crippen molar-refractivity contribution in [2.75, 3.05) is 0 Å². The van der Waals surface area contributed by atoms with Gasteiger partial charge in [0, 0.05) is 13.0 Å². The van der Waals surface area contributed by atoms with Crippen LogP contribution in [0.3, 0.4) is 0 Å². The molecule has 0 radical (unpaired) electrons. The lowest BCUT2D eigenvalue weighted by atomic mass is 9.83. The molecule has 1 N–H and O–H groups in total. The number of hydrogen-bond acceptors (Lipinski definition) is 3. The molecule has 0 spiro atoms. The zero-order valence-electron chi connectivity index (χ0n) is 11.5. The van der Waals surface area contributed by atoms with E-state index in [0.717, 1.165) is 25.0 Å². The van der Waals surface area contributed by atoms with Crippen LogP contribution in [0, 0.1) is 5.92 Å². The molecule has 20 heavy (non-hydrogen) atoms. The van der Waals surface area contributed by atoms with Crippen molar-refractivity contribution in [3.05, 3.63) is 47.3 Å². The van der Waals surface area contributed by atoms with Gasteiger partial charge in [-0.2, -0.15) is 15.0 Å². The minimum absolute atomic E-state index is 0.0709. The lowest BCUT2D eigenvalue weighted by molar-refractivity contribution is -0.125. The SMILES string of the molecule is Cn1ncc(CNC(=O)C2CCc3ccccc3C2)n1. The molecule has 3 rings (SSSR count).